The van der Waals surface area contributed by atoms with E-state index < -0.39 is 0 Å². The quantitative estimate of drug-likeness (QED) is 0.516. The van der Waals surface area contributed by atoms with Crippen molar-refractivity contribution in [2.45, 2.75) is 74.7 Å². The molecule has 5 fully saturated rings. The highest BCUT2D eigenvalue weighted by molar-refractivity contribution is 8.00. The van der Waals surface area contributed by atoms with E-state index in [1.807, 2.05) is 35.8 Å². The molecule has 2 aromatic rings. The molecule has 1 unspecified atom stereocenters. The highest BCUT2D eigenvalue weighted by Crippen LogP contribution is 2.61. The number of hydrogen-bond acceptors (Lipinski definition) is 4. The van der Waals surface area contributed by atoms with E-state index in [1.54, 1.807) is 0 Å². The molecule has 5 aliphatic carbocycles. The van der Waals surface area contributed by atoms with Crippen molar-refractivity contribution in [3.8, 4) is 0 Å². The molecule has 5 heteroatoms. The van der Waals surface area contributed by atoms with Crippen molar-refractivity contribution < 1.29 is 4.79 Å². The predicted octanol–water partition coefficient (Wildman–Crippen LogP) is 5.00. The lowest BCUT2D eigenvalue weighted by Crippen LogP contribution is -2.51. The SMILES string of the molecule is CC(Sc1nc2ccccc2c(=O)n1C1CC1)C(=O)C12CC3CC(CC(C3)C1)C2. The molecule has 4 nitrogen and oxygen atoms in total. The number of Topliss-reactive ketones (excluding diaryl/α,β-unsaturated/α-hetero) is 1. The van der Waals surface area contributed by atoms with Crippen LogP contribution < -0.4 is 5.56 Å². The van der Waals surface area contributed by atoms with Crippen molar-refractivity contribution in [1.29, 1.82) is 0 Å². The average molecular weight is 409 g/mol. The molecule has 0 N–H and O–H groups in total. The number of para-hydroxylation sites is 1. The number of fused-ring (bicyclic) bond motifs is 1. The Kier molecular flexibility index (Phi) is 4.03. The highest BCUT2D eigenvalue weighted by atomic mass is 32.2. The zero-order valence-corrected chi connectivity index (χ0v) is 17.8. The zero-order valence-electron chi connectivity index (χ0n) is 17.0. The van der Waals surface area contributed by atoms with Crippen LogP contribution >= 0.6 is 11.8 Å². The number of carbonyl (C=O) groups excluding carboxylic acids is 1. The lowest BCUT2D eigenvalue weighted by molar-refractivity contribution is -0.143. The van der Waals surface area contributed by atoms with Crippen LogP contribution in [0.25, 0.3) is 10.9 Å². The molecule has 5 aliphatic rings. The summed E-state index contributed by atoms with van der Waals surface area (Å²) in [6.07, 6.45) is 9.41. The molecule has 152 valence electrons. The third kappa shape index (κ3) is 2.91. The molecule has 1 aromatic carbocycles. The van der Waals surface area contributed by atoms with Gasteiger partial charge >= 0.3 is 0 Å². The fraction of sp³-hybridized carbons (Fsp3) is 0.625. The summed E-state index contributed by atoms with van der Waals surface area (Å²) in [7, 11) is 0. The smallest absolute Gasteiger partial charge is 0.262 e. The van der Waals surface area contributed by atoms with E-state index >= 15 is 0 Å². The lowest BCUT2D eigenvalue weighted by Gasteiger charge is -2.56. The largest absolute Gasteiger partial charge is 0.298 e. The molecule has 0 amide bonds. The molecule has 0 radical (unpaired) electrons. The van der Waals surface area contributed by atoms with Gasteiger partial charge in [0.15, 0.2) is 10.9 Å². The zero-order chi connectivity index (χ0) is 19.8. The number of nitrogens with zero attached hydrogens (tertiary/aromatic N) is 2. The second-order valence-electron chi connectivity index (χ2n) is 10.1. The number of ketones is 1. The van der Waals surface area contributed by atoms with Crippen LogP contribution in [0.4, 0.5) is 0 Å². The minimum atomic E-state index is -0.149. The van der Waals surface area contributed by atoms with Crippen LogP contribution in [0.3, 0.4) is 0 Å². The van der Waals surface area contributed by atoms with Gasteiger partial charge in [0.1, 0.15) is 0 Å². The van der Waals surface area contributed by atoms with Crippen molar-refractivity contribution in [2.75, 3.05) is 0 Å². The molecule has 1 aromatic heterocycles. The van der Waals surface area contributed by atoms with Crippen LogP contribution in [0.2, 0.25) is 0 Å². The lowest BCUT2D eigenvalue weighted by atomic mass is 9.48. The molecule has 0 saturated heterocycles. The third-order valence-electron chi connectivity index (χ3n) is 7.90. The third-order valence-corrected chi connectivity index (χ3v) is 8.97. The van der Waals surface area contributed by atoms with Gasteiger partial charge in [0.25, 0.3) is 5.56 Å². The molecule has 1 heterocycles. The Bertz CT molecular complexity index is 1020. The van der Waals surface area contributed by atoms with Gasteiger partial charge in [-0.1, -0.05) is 23.9 Å². The summed E-state index contributed by atoms with van der Waals surface area (Å²) in [6.45, 7) is 2.05. The first-order chi connectivity index (χ1) is 14.0. The maximum absolute atomic E-state index is 13.7. The van der Waals surface area contributed by atoms with Crippen LogP contribution in [0, 0.1) is 23.2 Å². The maximum atomic E-state index is 13.7. The minimum absolute atomic E-state index is 0.0510. The van der Waals surface area contributed by atoms with Crippen LogP contribution in [-0.4, -0.2) is 20.6 Å². The second-order valence-corrected chi connectivity index (χ2v) is 11.4. The summed E-state index contributed by atoms with van der Waals surface area (Å²) in [5.41, 5.74) is 0.698. The first-order valence-corrected chi connectivity index (χ1v) is 12.1. The molecule has 1 atom stereocenters. The Balaban J connectivity index is 1.33. The summed E-state index contributed by atoms with van der Waals surface area (Å²) in [5.74, 6) is 2.73. The van der Waals surface area contributed by atoms with Gasteiger partial charge in [-0.2, -0.15) is 0 Å². The average Bonchev–Trinajstić information content (AvgIpc) is 3.51. The molecule has 5 saturated carbocycles. The normalized spacial score (nSPS) is 33.9. The number of carbonyl (C=O) groups is 1. The first-order valence-electron chi connectivity index (χ1n) is 11.2. The van der Waals surface area contributed by atoms with E-state index in [0.29, 0.717) is 11.2 Å². The van der Waals surface area contributed by atoms with Crippen molar-refractivity contribution in [3.63, 3.8) is 0 Å². The van der Waals surface area contributed by atoms with Gasteiger partial charge in [-0.05, 0) is 88.2 Å². The molecule has 4 bridgehead atoms. The van der Waals surface area contributed by atoms with Gasteiger partial charge in [0.05, 0.1) is 16.2 Å². The van der Waals surface area contributed by atoms with Crippen molar-refractivity contribution >= 4 is 28.4 Å². The van der Waals surface area contributed by atoms with Gasteiger partial charge in [0, 0.05) is 11.5 Å². The molecule has 29 heavy (non-hydrogen) atoms. The van der Waals surface area contributed by atoms with Gasteiger partial charge in [-0.25, -0.2) is 4.98 Å². The number of aromatic nitrogens is 2. The topological polar surface area (TPSA) is 52.0 Å². The van der Waals surface area contributed by atoms with E-state index in [0.717, 1.165) is 60.5 Å². The fourth-order valence-corrected chi connectivity index (χ4v) is 8.09. The monoisotopic (exact) mass is 408 g/mol. The van der Waals surface area contributed by atoms with Crippen molar-refractivity contribution in [2.24, 2.45) is 23.2 Å². The Morgan fingerprint density at radius 2 is 1.72 bits per heavy atom. The fourth-order valence-electron chi connectivity index (χ4n) is 6.92. The molecular weight excluding hydrogens is 380 g/mol. The molecule has 7 rings (SSSR count). The summed E-state index contributed by atoms with van der Waals surface area (Å²) >= 11 is 1.53. The summed E-state index contributed by atoms with van der Waals surface area (Å²) < 4.78 is 1.87. The standard InChI is InChI=1S/C24H28N2O2S/c1-14(21(27)24-11-15-8-16(12-24)10-17(9-15)13-24)29-23-25-20-5-3-2-4-19(20)22(28)26(23)18-6-7-18/h2-5,14-18H,6-13H2,1H3. The van der Waals surface area contributed by atoms with Crippen LogP contribution in [-0.2, 0) is 4.79 Å². The van der Waals surface area contributed by atoms with Crippen molar-refractivity contribution in [1.82, 2.24) is 9.55 Å². The first kappa shape index (κ1) is 18.2. The molecule has 0 aliphatic heterocycles. The molecular formula is C24H28N2O2S. The number of thioether (sulfide) groups is 1. The van der Waals surface area contributed by atoms with E-state index in [-0.39, 0.29) is 22.3 Å². The minimum Gasteiger partial charge on any atom is -0.298 e. The van der Waals surface area contributed by atoms with Gasteiger partial charge in [0.2, 0.25) is 0 Å². The van der Waals surface area contributed by atoms with Gasteiger partial charge < -0.3 is 0 Å². The second kappa shape index (κ2) is 6.44. The Labute approximate surface area is 175 Å². The predicted molar refractivity (Wildman–Crippen MR) is 115 cm³/mol. The van der Waals surface area contributed by atoms with E-state index in [9.17, 15) is 9.59 Å². The Morgan fingerprint density at radius 3 is 2.34 bits per heavy atom. The van der Waals surface area contributed by atoms with Crippen molar-refractivity contribution in [3.05, 3.63) is 34.6 Å². The Hall–Kier alpha value is -1.62. The van der Waals surface area contributed by atoms with Crippen LogP contribution in [0.15, 0.2) is 34.2 Å². The molecule has 0 spiro atoms. The maximum Gasteiger partial charge on any atom is 0.262 e. The van der Waals surface area contributed by atoms with Crippen LogP contribution in [0.5, 0.6) is 0 Å². The van der Waals surface area contributed by atoms with E-state index in [2.05, 4.69) is 0 Å². The van der Waals surface area contributed by atoms with Gasteiger partial charge in [-0.3, -0.25) is 14.2 Å². The number of benzene rings is 1. The van der Waals surface area contributed by atoms with Gasteiger partial charge in [-0.15, -0.1) is 0 Å². The summed E-state index contributed by atoms with van der Waals surface area (Å²) in [5, 5.41) is 1.27. The van der Waals surface area contributed by atoms with E-state index in [4.69, 9.17) is 4.98 Å². The highest BCUT2D eigenvalue weighted by Gasteiger charge is 2.55. The van der Waals surface area contributed by atoms with E-state index in [1.165, 1.54) is 31.0 Å². The number of rotatable bonds is 5. The summed E-state index contributed by atoms with van der Waals surface area (Å²) in [4.78, 5) is 31.7. The summed E-state index contributed by atoms with van der Waals surface area (Å²) in [6, 6.07) is 7.85. The Morgan fingerprint density at radius 1 is 1.10 bits per heavy atom. The van der Waals surface area contributed by atoms with Crippen LogP contribution in [0.1, 0.15) is 64.3 Å². The number of hydrogen-bond donors (Lipinski definition) is 0.